The molecule has 6 rings (SSSR count). The molecule has 0 N–H and O–H groups in total. The van der Waals surface area contributed by atoms with Gasteiger partial charge >= 0.3 is 0 Å². The Labute approximate surface area is 189 Å². The number of benzene rings is 3. The summed E-state index contributed by atoms with van der Waals surface area (Å²) < 4.78 is 41.9. The Morgan fingerprint density at radius 1 is 0.909 bits per heavy atom. The third-order valence-corrected chi connectivity index (χ3v) is 8.28. The smallest absolute Gasteiger partial charge is 0.271 e. The molecular weight excluding hydrogens is 443 g/mol. The van der Waals surface area contributed by atoms with Gasteiger partial charge in [0.25, 0.3) is 10.0 Å². The van der Waals surface area contributed by atoms with Crippen molar-refractivity contribution in [2.24, 2.45) is 0 Å². The second-order valence-electron chi connectivity index (χ2n) is 8.35. The quantitative estimate of drug-likeness (QED) is 0.586. The van der Waals surface area contributed by atoms with Crippen molar-refractivity contribution in [1.29, 1.82) is 0 Å². The fourth-order valence-corrected chi connectivity index (χ4v) is 6.71. The first-order chi connectivity index (χ1) is 15.8. The van der Waals surface area contributed by atoms with E-state index in [0.29, 0.717) is 11.1 Å². The van der Waals surface area contributed by atoms with Crippen molar-refractivity contribution in [3.8, 4) is 0 Å². The van der Waals surface area contributed by atoms with Gasteiger partial charge in [0.05, 0.1) is 29.2 Å². The molecule has 164 valence electrons. The molecule has 2 amide bonds. The molecule has 3 aromatic carbocycles. The zero-order chi connectivity index (χ0) is 23.0. The first kappa shape index (κ1) is 19.9. The molecule has 0 aromatic heterocycles. The number of carbonyl (C=O) groups is 2. The van der Waals surface area contributed by atoms with E-state index >= 15 is 4.39 Å². The summed E-state index contributed by atoms with van der Waals surface area (Å²) >= 11 is 0. The zero-order valence-electron chi connectivity index (χ0n) is 17.2. The van der Waals surface area contributed by atoms with Gasteiger partial charge in [-0.1, -0.05) is 60.7 Å². The number of sulfonamides is 1. The number of para-hydroxylation sites is 1. The Hall–Kier alpha value is -3.78. The van der Waals surface area contributed by atoms with Crippen LogP contribution in [0.2, 0.25) is 0 Å². The van der Waals surface area contributed by atoms with E-state index in [1.54, 1.807) is 24.3 Å². The zero-order valence-corrected chi connectivity index (χ0v) is 18.0. The summed E-state index contributed by atoms with van der Waals surface area (Å²) in [7, 11) is -4.05. The number of halogens is 1. The van der Waals surface area contributed by atoms with Crippen molar-refractivity contribution in [1.82, 2.24) is 4.31 Å². The van der Waals surface area contributed by atoms with Gasteiger partial charge in [-0.25, -0.2) is 17.1 Å². The van der Waals surface area contributed by atoms with Gasteiger partial charge in [-0.3, -0.25) is 9.59 Å². The molecule has 3 aromatic rings. The number of hydrogen-bond donors (Lipinski definition) is 0. The number of carbonyl (C=O) groups excluding carboxylic acids is 2. The second-order valence-corrected chi connectivity index (χ2v) is 10.1. The van der Waals surface area contributed by atoms with Crippen molar-refractivity contribution in [3.05, 3.63) is 101 Å². The highest BCUT2D eigenvalue weighted by atomic mass is 32.2. The van der Waals surface area contributed by atoms with Crippen LogP contribution >= 0.6 is 0 Å². The third-order valence-electron chi connectivity index (χ3n) is 6.49. The minimum absolute atomic E-state index is 0.0210. The number of hydrogen-bond acceptors (Lipinski definition) is 4. The van der Waals surface area contributed by atoms with Crippen molar-refractivity contribution >= 4 is 33.2 Å². The molecule has 1 spiro atoms. The van der Waals surface area contributed by atoms with E-state index in [0.717, 1.165) is 9.87 Å². The van der Waals surface area contributed by atoms with Crippen LogP contribution in [-0.4, -0.2) is 24.5 Å². The van der Waals surface area contributed by atoms with E-state index in [4.69, 9.17) is 0 Å². The molecule has 0 fully saturated rings. The monoisotopic (exact) mass is 460 g/mol. The fourth-order valence-electron chi connectivity index (χ4n) is 5.07. The standard InChI is InChI=1S/C25H17FN2O4S/c26-19-11-6-10-18-23(19)27(15-16-7-2-1-3-8-16)24(30)25(18)13-20-17-9-4-5-12-21(17)33(31,32)28(20)22(29)14-25/h1-13H,14-15H2/t25-/m1/s1. The van der Waals surface area contributed by atoms with E-state index in [1.165, 1.54) is 29.2 Å². The molecule has 1 atom stereocenters. The number of rotatable bonds is 2. The van der Waals surface area contributed by atoms with Gasteiger partial charge in [-0.2, -0.15) is 0 Å². The molecule has 0 saturated heterocycles. The molecule has 3 aliphatic rings. The molecular formula is C25H17FN2O4S. The van der Waals surface area contributed by atoms with Crippen molar-refractivity contribution < 1.29 is 22.4 Å². The van der Waals surface area contributed by atoms with Crippen LogP contribution in [-0.2, 0) is 31.6 Å². The molecule has 0 unspecified atom stereocenters. The van der Waals surface area contributed by atoms with Crippen LogP contribution in [0.1, 0.15) is 23.1 Å². The maximum Gasteiger partial charge on any atom is 0.271 e. The summed E-state index contributed by atoms with van der Waals surface area (Å²) in [6.07, 6.45) is 1.13. The first-order valence-corrected chi connectivity index (χ1v) is 11.8. The largest absolute Gasteiger partial charge is 0.304 e. The summed E-state index contributed by atoms with van der Waals surface area (Å²) in [5.74, 6) is -1.73. The normalized spacial score (nSPS) is 22.3. The highest BCUT2D eigenvalue weighted by Gasteiger charge is 2.58. The first-order valence-electron chi connectivity index (χ1n) is 10.4. The van der Waals surface area contributed by atoms with Crippen LogP contribution < -0.4 is 4.90 Å². The Morgan fingerprint density at radius 3 is 2.42 bits per heavy atom. The van der Waals surface area contributed by atoms with E-state index in [9.17, 15) is 18.0 Å². The lowest BCUT2D eigenvalue weighted by Gasteiger charge is -2.33. The molecule has 0 aliphatic carbocycles. The maximum atomic E-state index is 15.1. The lowest BCUT2D eigenvalue weighted by atomic mass is 9.75. The predicted octanol–water partition coefficient (Wildman–Crippen LogP) is 3.59. The van der Waals surface area contributed by atoms with Gasteiger partial charge in [-0.05, 0) is 29.3 Å². The topological polar surface area (TPSA) is 74.8 Å². The summed E-state index contributed by atoms with van der Waals surface area (Å²) in [4.78, 5) is 28.5. The average Bonchev–Trinajstić information content (AvgIpc) is 3.17. The molecule has 8 heteroatoms. The Balaban J connectivity index is 1.58. The van der Waals surface area contributed by atoms with Crippen molar-refractivity contribution in [2.45, 2.75) is 23.3 Å². The Morgan fingerprint density at radius 2 is 1.64 bits per heavy atom. The molecule has 0 saturated carbocycles. The van der Waals surface area contributed by atoms with Crippen LogP contribution in [0.4, 0.5) is 10.1 Å². The number of nitrogens with zero attached hydrogens (tertiary/aromatic N) is 2. The fraction of sp³-hybridized carbons (Fsp3) is 0.120. The van der Waals surface area contributed by atoms with E-state index in [2.05, 4.69) is 0 Å². The van der Waals surface area contributed by atoms with Gasteiger partial charge < -0.3 is 4.90 Å². The number of anilines is 1. The molecule has 33 heavy (non-hydrogen) atoms. The average molecular weight is 460 g/mol. The van der Waals surface area contributed by atoms with E-state index in [1.807, 2.05) is 30.3 Å². The van der Waals surface area contributed by atoms with Crippen LogP contribution in [0.25, 0.3) is 5.70 Å². The lowest BCUT2D eigenvalue weighted by molar-refractivity contribution is -0.131. The van der Waals surface area contributed by atoms with Crippen LogP contribution in [0, 0.1) is 5.82 Å². The highest BCUT2D eigenvalue weighted by molar-refractivity contribution is 7.90. The third kappa shape index (κ3) is 2.55. The van der Waals surface area contributed by atoms with Gasteiger partial charge in [-0.15, -0.1) is 0 Å². The van der Waals surface area contributed by atoms with E-state index in [-0.39, 0.29) is 22.8 Å². The number of fused-ring (bicyclic) bond motifs is 5. The summed E-state index contributed by atoms with van der Waals surface area (Å²) in [5, 5.41) is 0. The summed E-state index contributed by atoms with van der Waals surface area (Å²) in [5.41, 5.74) is 0.318. The molecule has 6 nitrogen and oxygen atoms in total. The molecule has 0 bridgehead atoms. The molecule has 0 radical (unpaired) electrons. The molecule has 3 heterocycles. The Kier molecular flexibility index (Phi) is 3.98. The maximum absolute atomic E-state index is 15.1. The minimum Gasteiger partial charge on any atom is -0.304 e. The minimum atomic E-state index is -4.05. The lowest BCUT2D eigenvalue weighted by Crippen LogP contribution is -2.47. The van der Waals surface area contributed by atoms with Gasteiger partial charge in [0.15, 0.2) is 0 Å². The summed E-state index contributed by atoms with van der Waals surface area (Å²) in [6.45, 7) is 0.130. The van der Waals surface area contributed by atoms with Crippen molar-refractivity contribution in [2.75, 3.05) is 4.90 Å². The predicted molar refractivity (Wildman–Crippen MR) is 119 cm³/mol. The second kappa shape index (κ2) is 6.62. The van der Waals surface area contributed by atoms with Crippen molar-refractivity contribution in [3.63, 3.8) is 0 Å². The van der Waals surface area contributed by atoms with Gasteiger partial charge in [0.1, 0.15) is 11.2 Å². The molecule has 3 aliphatic heterocycles. The number of amides is 2. The highest BCUT2D eigenvalue weighted by Crippen LogP contribution is 2.53. The van der Waals surface area contributed by atoms with E-state index < -0.39 is 39.5 Å². The SMILES string of the molecule is O=C1C[C@@]2(C=C3c4ccccc4S(=O)(=O)N13)C(=O)N(Cc1ccccc1)c1c(F)cccc12. The van der Waals surface area contributed by atoms with Crippen LogP contribution in [0.3, 0.4) is 0 Å². The van der Waals surface area contributed by atoms with Crippen LogP contribution in [0.5, 0.6) is 0 Å². The van der Waals surface area contributed by atoms with Crippen LogP contribution in [0.15, 0.2) is 83.8 Å². The van der Waals surface area contributed by atoms with Gasteiger partial charge in [0, 0.05) is 5.56 Å². The Bertz CT molecular complexity index is 1500. The summed E-state index contributed by atoms with van der Waals surface area (Å²) in [6, 6.07) is 19.9. The van der Waals surface area contributed by atoms with Gasteiger partial charge in [0.2, 0.25) is 11.8 Å².